The van der Waals surface area contributed by atoms with E-state index in [1.165, 1.54) is 6.92 Å². The molecule has 128 valence electrons. The van der Waals surface area contributed by atoms with Crippen molar-refractivity contribution in [3.63, 3.8) is 0 Å². The van der Waals surface area contributed by atoms with Crippen LogP contribution in [0.2, 0.25) is 19.6 Å². The second-order valence-corrected chi connectivity index (χ2v) is 12.1. The standard InChI is InChI=1S/C21H28O2Si/c1-7-8-9-10-13-19-14-11-12-15-20(19)21(23-18(3)22)16-17(2)24(4,5)6/h11-12,14-15H,7-9H2,1-6H3. The molecular weight excluding hydrogens is 312 g/mol. The first kappa shape index (κ1) is 20.0. The molecule has 24 heavy (non-hydrogen) atoms. The molecule has 0 aromatic heterocycles. The second kappa shape index (κ2) is 9.32. The van der Waals surface area contributed by atoms with Crippen molar-refractivity contribution in [3.05, 3.63) is 46.3 Å². The number of carbonyl (C=O) groups excluding carboxylic acids is 1. The molecule has 0 N–H and O–H groups in total. The lowest BCUT2D eigenvalue weighted by atomic mass is 10.1. The van der Waals surface area contributed by atoms with Gasteiger partial charge in [0.2, 0.25) is 0 Å². The SMILES string of the molecule is CCCCC#Cc1ccccc1C(=C=C(C)[Si](C)(C)C)OC(C)=O. The summed E-state index contributed by atoms with van der Waals surface area (Å²) >= 11 is 0. The van der Waals surface area contributed by atoms with Crippen molar-refractivity contribution in [1.82, 2.24) is 0 Å². The highest BCUT2D eigenvalue weighted by atomic mass is 28.3. The summed E-state index contributed by atoms with van der Waals surface area (Å²) in [5.74, 6) is 6.56. The van der Waals surface area contributed by atoms with Gasteiger partial charge in [-0.3, -0.25) is 4.79 Å². The average molecular weight is 341 g/mol. The number of hydrogen-bond donors (Lipinski definition) is 0. The Kier molecular flexibility index (Phi) is 7.78. The molecule has 0 unspecified atom stereocenters. The average Bonchev–Trinajstić information content (AvgIpc) is 2.50. The number of rotatable bonds is 5. The molecule has 0 heterocycles. The van der Waals surface area contributed by atoms with Gasteiger partial charge in [0.1, 0.15) is 0 Å². The molecule has 0 bridgehead atoms. The maximum absolute atomic E-state index is 11.6. The number of unbranched alkanes of at least 4 members (excludes halogenated alkanes) is 2. The molecule has 1 aromatic carbocycles. The number of hydrogen-bond acceptors (Lipinski definition) is 2. The minimum Gasteiger partial charge on any atom is -0.417 e. The van der Waals surface area contributed by atoms with Crippen LogP contribution in [0, 0.1) is 11.8 Å². The molecule has 0 aliphatic rings. The lowest BCUT2D eigenvalue weighted by molar-refractivity contribution is -0.134. The maximum Gasteiger partial charge on any atom is 0.308 e. The van der Waals surface area contributed by atoms with Crippen molar-refractivity contribution < 1.29 is 9.53 Å². The zero-order valence-corrected chi connectivity index (χ0v) is 16.7. The van der Waals surface area contributed by atoms with Crippen LogP contribution in [0.4, 0.5) is 0 Å². The Hall–Kier alpha value is -2.01. The summed E-state index contributed by atoms with van der Waals surface area (Å²) in [7, 11) is -1.50. The molecule has 3 heteroatoms. The van der Waals surface area contributed by atoms with Gasteiger partial charge in [0, 0.05) is 24.5 Å². The highest BCUT2D eigenvalue weighted by molar-refractivity contribution is 6.82. The molecule has 0 spiro atoms. The first-order chi connectivity index (χ1) is 11.3. The lowest BCUT2D eigenvalue weighted by Crippen LogP contribution is -2.21. The van der Waals surface area contributed by atoms with E-state index in [9.17, 15) is 4.79 Å². The molecule has 0 atom stereocenters. The van der Waals surface area contributed by atoms with E-state index in [1.54, 1.807) is 0 Å². The molecule has 0 fully saturated rings. The minimum absolute atomic E-state index is 0.338. The summed E-state index contributed by atoms with van der Waals surface area (Å²) in [4.78, 5) is 11.6. The predicted octanol–water partition coefficient (Wildman–Crippen LogP) is 5.55. The number of benzene rings is 1. The summed E-state index contributed by atoms with van der Waals surface area (Å²) in [5, 5.41) is 1.16. The summed E-state index contributed by atoms with van der Waals surface area (Å²) in [5.41, 5.74) is 5.03. The van der Waals surface area contributed by atoms with Gasteiger partial charge in [-0.1, -0.05) is 62.7 Å². The van der Waals surface area contributed by atoms with Crippen LogP contribution in [0.5, 0.6) is 0 Å². The molecular formula is C21H28O2Si. The largest absolute Gasteiger partial charge is 0.417 e. The summed E-state index contributed by atoms with van der Waals surface area (Å²) < 4.78 is 5.47. The van der Waals surface area contributed by atoms with Crippen LogP contribution < -0.4 is 0 Å². The fraction of sp³-hybridized carbons (Fsp3) is 0.429. The zero-order valence-electron chi connectivity index (χ0n) is 15.7. The lowest BCUT2D eigenvalue weighted by Gasteiger charge is -2.15. The minimum atomic E-state index is -1.50. The third kappa shape index (κ3) is 6.62. The number of ether oxygens (including phenoxy) is 1. The third-order valence-corrected chi connectivity index (χ3v) is 6.10. The summed E-state index contributed by atoms with van der Waals surface area (Å²) in [6.45, 7) is 12.4. The van der Waals surface area contributed by atoms with Crippen molar-refractivity contribution in [2.45, 2.75) is 59.7 Å². The normalized spacial score (nSPS) is 10.2. The molecule has 0 amide bonds. The quantitative estimate of drug-likeness (QED) is 0.175. The van der Waals surface area contributed by atoms with Crippen LogP contribution in [0.1, 0.15) is 51.2 Å². The van der Waals surface area contributed by atoms with Crippen molar-refractivity contribution in [3.8, 4) is 11.8 Å². The van der Waals surface area contributed by atoms with Crippen LogP contribution in [-0.2, 0) is 9.53 Å². The Morgan fingerprint density at radius 3 is 2.42 bits per heavy atom. The molecule has 2 nitrogen and oxygen atoms in total. The summed E-state index contributed by atoms with van der Waals surface area (Å²) in [6, 6.07) is 7.78. The molecule has 1 aromatic rings. The Balaban J connectivity index is 3.42. The highest BCUT2D eigenvalue weighted by Crippen LogP contribution is 2.22. The number of carbonyl (C=O) groups is 1. The van der Waals surface area contributed by atoms with Crippen molar-refractivity contribution in [2.75, 3.05) is 0 Å². The Morgan fingerprint density at radius 2 is 1.83 bits per heavy atom. The van der Waals surface area contributed by atoms with E-state index in [0.29, 0.717) is 5.76 Å². The van der Waals surface area contributed by atoms with E-state index in [4.69, 9.17) is 4.74 Å². The van der Waals surface area contributed by atoms with Crippen LogP contribution in [-0.4, -0.2) is 14.0 Å². The van der Waals surface area contributed by atoms with Crippen molar-refractivity contribution in [1.29, 1.82) is 0 Å². The first-order valence-electron chi connectivity index (χ1n) is 8.50. The van der Waals surface area contributed by atoms with E-state index in [-0.39, 0.29) is 5.97 Å². The van der Waals surface area contributed by atoms with Gasteiger partial charge in [0.15, 0.2) is 5.76 Å². The monoisotopic (exact) mass is 340 g/mol. The number of esters is 1. The zero-order chi connectivity index (χ0) is 18.2. The Bertz CT molecular complexity index is 705. The summed E-state index contributed by atoms with van der Waals surface area (Å²) in [6.07, 6.45) is 3.10. The molecule has 0 saturated carbocycles. The second-order valence-electron chi connectivity index (χ2n) is 6.87. The van der Waals surface area contributed by atoms with Gasteiger partial charge < -0.3 is 4.74 Å². The van der Waals surface area contributed by atoms with Gasteiger partial charge in [-0.2, -0.15) is 0 Å². The molecule has 0 radical (unpaired) electrons. The van der Waals surface area contributed by atoms with Crippen LogP contribution >= 0.6 is 0 Å². The van der Waals surface area contributed by atoms with Gasteiger partial charge in [0.25, 0.3) is 0 Å². The fourth-order valence-corrected chi connectivity index (χ4v) is 2.35. The first-order valence-corrected chi connectivity index (χ1v) is 12.0. The van der Waals surface area contributed by atoms with Gasteiger partial charge >= 0.3 is 5.97 Å². The maximum atomic E-state index is 11.6. The van der Waals surface area contributed by atoms with Gasteiger partial charge in [-0.25, -0.2) is 0 Å². The fourth-order valence-electron chi connectivity index (χ4n) is 1.86. The molecule has 0 saturated heterocycles. The third-order valence-electron chi connectivity index (χ3n) is 3.72. The van der Waals surface area contributed by atoms with E-state index in [0.717, 1.165) is 35.6 Å². The molecule has 0 aliphatic carbocycles. The molecule has 0 aliphatic heterocycles. The van der Waals surface area contributed by atoms with Crippen LogP contribution in [0.15, 0.2) is 35.2 Å². The van der Waals surface area contributed by atoms with Gasteiger partial charge in [-0.15, -0.1) is 0 Å². The smallest absolute Gasteiger partial charge is 0.308 e. The van der Waals surface area contributed by atoms with E-state index in [1.807, 2.05) is 24.3 Å². The van der Waals surface area contributed by atoms with Gasteiger partial charge in [0.05, 0.1) is 8.07 Å². The Labute approximate surface area is 147 Å². The van der Waals surface area contributed by atoms with E-state index in [2.05, 4.69) is 51.1 Å². The van der Waals surface area contributed by atoms with E-state index < -0.39 is 8.07 Å². The number of allylic oxidation sites excluding steroid dienone is 1. The molecule has 1 rings (SSSR count). The van der Waals surface area contributed by atoms with Crippen LogP contribution in [0.3, 0.4) is 0 Å². The topological polar surface area (TPSA) is 26.3 Å². The predicted molar refractivity (Wildman–Crippen MR) is 104 cm³/mol. The Morgan fingerprint density at radius 1 is 1.17 bits per heavy atom. The van der Waals surface area contributed by atoms with Crippen molar-refractivity contribution in [2.24, 2.45) is 0 Å². The van der Waals surface area contributed by atoms with Gasteiger partial charge in [-0.05, 0) is 30.7 Å². The van der Waals surface area contributed by atoms with E-state index >= 15 is 0 Å². The van der Waals surface area contributed by atoms with Crippen molar-refractivity contribution >= 4 is 19.8 Å². The highest BCUT2D eigenvalue weighted by Gasteiger charge is 2.17. The van der Waals surface area contributed by atoms with Crippen LogP contribution in [0.25, 0.3) is 5.76 Å².